The molecule has 1 fully saturated rings. The number of guanidine groups is 1. The molecule has 0 bridgehead atoms. The van der Waals surface area contributed by atoms with E-state index in [9.17, 15) is 0 Å². The SMILES string of the molecule is CN=C(NCc1c(C)nn(C)c1C)NCC(C1CC1)N(C)C.I. The van der Waals surface area contributed by atoms with Crippen molar-refractivity contribution >= 4 is 29.9 Å². The Kier molecular flexibility index (Phi) is 7.79. The van der Waals surface area contributed by atoms with Gasteiger partial charge in [-0.2, -0.15) is 5.10 Å². The molecule has 2 N–H and O–H groups in total. The van der Waals surface area contributed by atoms with E-state index >= 15 is 0 Å². The third-order valence-electron chi connectivity index (χ3n) is 4.62. The lowest BCUT2D eigenvalue weighted by Gasteiger charge is -2.25. The molecule has 6 nitrogen and oxygen atoms in total. The molecule has 0 saturated heterocycles. The lowest BCUT2D eigenvalue weighted by Crippen LogP contribution is -2.45. The van der Waals surface area contributed by atoms with Crippen LogP contribution in [0.2, 0.25) is 0 Å². The summed E-state index contributed by atoms with van der Waals surface area (Å²) in [5.74, 6) is 1.69. The Morgan fingerprint density at radius 1 is 1.35 bits per heavy atom. The third kappa shape index (κ3) is 5.34. The number of aryl methyl sites for hydroxylation is 2. The van der Waals surface area contributed by atoms with Crippen LogP contribution in [-0.2, 0) is 13.6 Å². The van der Waals surface area contributed by atoms with Crippen molar-refractivity contribution in [3.63, 3.8) is 0 Å². The zero-order valence-electron chi connectivity index (χ0n) is 15.2. The molecule has 132 valence electrons. The Hall–Kier alpha value is -0.830. The van der Waals surface area contributed by atoms with Gasteiger partial charge in [-0.1, -0.05) is 0 Å². The first-order valence-electron chi connectivity index (χ1n) is 8.04. The molecule has 1 aliphatic carbocycles. The highest BCUT2D eigenvalue weighted by Gasteiger charge is 2.32. The Morgan fingerprint density at radius 2 is 2.00 bits per heavy atom. The molecular weight excluding hydrogens is 403 g/mol. The predicted molar refractivity (Wildman–Crippen MR) is 106 cm³/mol. The standard InChI is InChI=1S/C16H30N6.HI/c1-11-14(12(2)22(6)20-11)9-18-16(17-3)19-10-15(21(4)5)13-7-8-13;/h13,15H,7-10H2,1-6H3,(H2,17,18,19);1H. The second kappa shape index (κ2) is 8.86. The highest BCUT2D eigenvalue weighted by Crippen LogP contribution is 2.34. The van der Waals surface area contributed by atoms with Crippen LogP contribution in [0, 0.1) is 19.8 Å². The third-order valence-corrected chi connectivity index (χ3v) is 4.62. The fourth-order valence-corrected chi connectivity index (χ4v) is 2.92. The summed E-state index contributed by atoms with van der Waals surface area (Å²) in [4.78, 5) is 6.64. The first kappa shape index (κ1) is 20.2. The fraction of sp³-hybridized carbons (Fsp3) is 0.750. The first-order valence-corrected chi connectivity index (χ1v) is 8.04. The summed E-state index contributed by atoms with van der Waals surface area (Å²) in [7, 11) is 8.11. The topological polar surface area (TPSA) is 57.5 Å². The van der Waals surface area contributed by atoms with Gasteiger partial charge in [0.05, 0.1) is 5.69 Å². The summed E-state index contributed by atoms with van der Waals surface area (Å²) in [6.07, 6.45) is 2.70. The zero-order valence-corrected chi connectivity index (χ0v) is 17.5. The summed E-state index contributed by atoms with van der Waals surface area (Å²) in [5, 5.41) is 11.3. The number of hydrogen-bond acceptors (Lipinski definition) is 3. The number of halogens is 1. The molecule has 0 amide bonds. The molecule has 0 radical (unpaired) electrons. The van der Waals surface area contributed by atoms with Crippen LogP contribution in [0.3, 0.4) is 0 Å². The van der Waals surface area contributed by atoms with Gasteiger partial charge in [-0.25, -0.2) is 0 Å². The molecule has 1 aromatic rings. The zero-order chi connectivity index (χ0) is 16.3. The fourth-order valence-electron chi connectivity index (χ4n) is 2.92. The van der Waals surface area contributed by atoms with E-state index in [1.54, 1.807) is 0 Å². The summed E-state index contributed by atoms with van der Waals surface area (Å²) < 4.78 is 1.93. The molecule has 1 atom stereocenters. The molecule has 1 saturated carbocycles. The molecule has 0 aromatic carbocycles. The van der Waals surface area contributed by atoms with E-state index in [0.717, 1.165) is 30.7 Å². The van der Waals surface area contributed by atoms with Gasteiger partial charge >= 0.3 is 0 Å². The number of likely N-dealkylation sites (N-methyl/N-ethyl adjacent to an activating group) is 1. The average Bonchev–Trinajstić information content (AvgIpc) is 3.25. The van der Waals surface area contributed by atoms with Crippen LogP contribution < -0.4 is 10.6 Å². The first-order chi connectivity index (χ1) is 10.4. The maximum atomic E-state index is 4.45. The van der Waals surface area contributed by atoms with Crippen LogP contribution in [0.25, 0.3) is 0 Å². The van der Waals surface area contributed by atoms with Crippen LogP contribution in [-0.4, -0.2) is 54.4 Å². The largest absolute Gasteiger partial charge is 0.355 e. The van der Waals surface area contributed by atoms with Crippen LogP contribution in [0.5, 0.6) is 0 Å². The quantitative estimate of drug-likeness (QED) is 0.406. The van der Waals surface area contributed by atoms with E-state index in [4.69, 9.17) is 0 Å². The maximum absolute atomic E-state index is 4.45. The molecule has 23 heavy (non-hydrogen) atoms. The molecule has 1 unspecified atom stereocenters. The number of aromatic nitrogens is 2. The van der Waals surface area contributed by atoms with Gasteiger partial charge < -0.3 is 15.5 Å². The minimum Gasteiger partial charge on any atom is -0.355 e. The van der Waals surface area contributed by atoms with Gasteiger partial charge in [0.15, 0.2) is 5.96 Å². The number of nitrogens with one attached hydrogen (secondary N) is 2. The van der Waals surface area contributed by atoms with E-state index < -0.39 is 0 Å². The van der Waals surface area contributed by atoms with Gasteiger partial charge in [-0.15, -0.1) is 24.0 Å². The van der Waals surface area contributed by atoms with Crippen molar-refractivity contribution in [3.8, 4) is 0 Å². The molecule has 7 heteroatoms. The monoisotopic (exact) mass is 434 g/mol. The number of rotatable bonds is 6. The van der Waals surface area contributed by atoms with Crippen LogP contribution in [0.1, 0.15) is 29.8 Å². The van der Waals surface area contributed by atoms with Gasteiger partial charge in [0, 0.05) is 44.5 Å². The van der Waals surface area contributed by atoms with Crippen molar-refractivity contribution in [2.75, 3.05) is 27.7 Å². The molecule has 2 rings (SSSR count). The highest BCUT2D eigenvalue weighted by atomic mass is 127. The van der Waals surface area contributed by atoms with Crippen molar-refractivity contribution in [2.45, 2.75) is 39.3 Å². The van der Waals surface area contributed by atoms with Crippen LogP contribution >= 0.6 is 24.0 Å². The molecule has 0 aliphatic heterocycles. The number of hydrogen-bond donors (Lipinski definition) is 2. The summed E-state index contributed by atoms with van der Waals surface area (Å²) >= 11 is 0. The predicted octanol–water partition coefficient (Wildman–Crippen LogP) is 1.66. The maximum Gasteiger partial charge on any atom is 0.191 e. The second-order valence-corrected chi connectivity index (χ2v) is 6.45. The number of aliphatic imine (C=N–C) groups is 1. The van der Waals surface area contributed by atoms with E-state index in [1.807, 2.05) is 18.8 Å². The van der Waals surface area contributed by atoms with Crippen molar-refractivity contribution in [1.29, 1.82) is 0 Å². The molecule has 0 spiro atoms. The van der Waals surface area contributed by atoms with Crippen molar-refractivity contribution in [1.82, 2.24) is 25.3 Å². The van der Waals surface area contributed by atoms with Gasteiger partial charge in [0.25, 0.3) is 0 Å². The summed E-state index contributed by atoms with van der Waals surface area (Å²) in [6, 6.07) is 0.584. The van der Waals surface area contributed by atoms with E-state index in [-0.39, 0.29) is 24.0 Å². The summed E-state index contributed by atoms with van der Waals surface area (Å²) in [5.41, 5.74) is 3.52. The minimum absolute atomic E-state index is 0. The molecular formula is C16H31IN6. The van der Waals surface area contributed by atoms with E-state index in [1.165, 1.54) is 24.1 Å². The number of nitrogens with zero attached hydrogens (tertiary/aromatic N) is 4. The lowest BCUT2D eigenvalue weighted by atomic mass is 10.1. The normalized spacial score (nSPS) is 16.2. The highest BCUT2D eigenvalue weighted by molar-refractivity contribution is 14.0. The minimum atomic E-state index is 0. The molecule has 1 heterocycles. The van der Waals surface area contributed by atoms with Crippen molar-refractivity contribution in [3.05, 3.63) is 17.0 Å². The Labute approximate surface area is 157 Å². The Bertz CT molecular complexity index is 531. The van der Waals surface area contributed by atoms with Gasteiger partial charge in [-0.3, -0.25) is 9.67 Å². The van der Waals surface area contributed by atoms with Crippen LogP contribution in [0.4, 0.5) is 0 Å². The van der Waals surface area contributed by atoms with Gasteiger partial charge in [0.2, 0.25) is 0 Å². The van der Waals surface area contributed by atoms with Gasteiger partial charge in [-0.05, 0) is 46.7 Å². The van der Waals surface area contributed by atoms with E-state index in [2.05, 4.69) is 53.6 Å². The Balaban J connectivity index is 0.00000264. The lowest BCUT2D eigenvalue weighted by molar-refractivity contribution is 0.264. The van der Waals surface area contributed by atoms with Crippen LogP contribution in [0.15, 0.2) is 4.99 Å². The van der Waals surface area contributed by atoms with Crippen molar-refractivity contribution < 1.29 is 0 Å². The average molecular weight is 434 g/mol. The van der Waals surface area contributed by atoms with Gasteiger partial charge in [0.1, 0.15) is 0 Å². The Morgan fingerprint density at radius 3 is 2.43 bits per heavy atom. The van der Waals surface area contributed by atoms with Crippen molar-refractivity contribution in [2.24, 2.45) is 18.0 Å². The molecule has 1 aromatic heterocycles. The smallest absolute Gasteiger partial charge is 0.191 e. The van der Waals surface area contributed by atoms with E-state index in [0.29, 0.717) is 6.04 Å². The second-order valence-electron chi connectivity index (χ2n) is 6.45. The summed E-state index contributed by atoms with van der Waals surface area (Å²) in [6.45, 7) is 5.83. The molecule has 1 aliphatic rings.